The van der Waals surface area contributed by atoms with Gasteiger partial charge in [-0.15, -0.1) is 0 Å². The smallest absolute Gasteiger partial charge is 0.211 e. The zero-order valence-electron chi connectivity index (χ0n) is 8.91. The van der Waals surface area contributed by atoms with Crippen LogP contribution in [0, 0.1) is 5.92 Å². The Labute approximate surface area is 86.5 Å². The number of rotatable bonds is 4. The van der Waals surface area contributed by atoms with Crippen LogP contribution in [-0.4, -0.2) is 33.3 Å². The van der Waals surface area contributed by atoms with E-state index in [0.717, 1.165) is 6.54 Å². The Morgan fingerprint density at radius 3 is 2.79 bits per heavy atom. The van der Waals surface area contributed by atoms with Gasteiger partial charge in [-0.05, 0) is 32.2 Å². The number of nitrogens with one attached hydrogen (secondary N) is 2. The van der Waals surface area contributed by atoms with Crippen molar-refractivity contribution >= 4 is 10.0 Å². The third-order valence-electron chi connectivity index (χ3n) is 2.83. The highest BCUT2D eigenvalue weighted by Gasteiger charge is 2.21. The molecule has 2 N–H and O–H groups in total. The normalized spacial score (nSPS) is 29.0. The van der Waals surface area contributed by atoms with Crippen molar-refractivity contribution in [3.8, 4) is 0 Å². The maximum absolute atomic E-state index is 11.2. The predicted molar refractivity (Wildman–Crippen MR) is 57.7 cm³/mol. The molecule has 0 spiro atoms. The Morgan fingerprint density at radius 2 is 2.21 bits per heavy atom. The Kier molecular flexibility index (Phi) is 4.34. The van der Waals surface area contributed by atoms with Gasteiger partial charge in [0.25, 0.3) is 0 Å². The fourth-order valence-corrected chi connectivity index (χ4v) is 2.34. The minimum Gasteiger partial charge on any atom is -0.312 e. The largest absolute Gasteiger partial charge is 0.312 e. The number of piperidine rings is 1. The maximum atomic E-state index is 11.2. The van der Waals surface area contributed by atoms with Gasteiger partial charge < -0.3 is 5.32 Å². The van der Waals surface area contributed by atoms with E-state index in [-0.39, 0.29) is 5.75 Å². The molecule has 1 aliphatic heterocycles. The second-order valence-corrected chi connectivity index (χ2v) is 6.03. The SMILES string of the molecule is CCS(=O)(=O)NCC1NCCCC1C. The summed E-state index contributed by atoms with van der Waals surface area (Å²) in [4.78, 5) is 0. The molecule has 0 aromatic heterocycles. The minimum absolute atomic E-state index is 0.161. The molecule has 0 aromatic carbocycles. The Hall–Kier alpha value is -0.130. The molecule has 0 aliphatic carbocycles. The maximum Gasteiger partial charge on any atom is 0.211 e. The molecule has 14 heavy (non-hydrogen) atoms. The summed E-state index contributed by atoms with van der Waals surface area (Å²) in [7, 11) is -3.03. The summed E-state index contributed by atoms with van der Waals surface area (Å²) in [5, 5.41) is 3.34. The van der Waals surface area contributed by atoms with Crippen LogP contribution in [0.3, 0.4) is 0 Å². The first-order chi connectivity index (χ1) is 6.55. The lowest BCUT2D eigenvalue weighted by molar-refractivity contribution is 0.300. The second kappa shape index (κ2) is 5.09. The van der Waals surface area contributed by atoms with E-state index in [0.29, 0.717) is 18.5 Å². The molecule has 0 bridgehead atoms. The number of hydrogen-bond donors (Lipinski definition) is 2. The molecule has 1 heterocycles. The van der Waals surface area contributed by atoms with Gasteiger partial charge in [-0.3, -0.25) is 0 Å². The van der Waals surface area contributed by atoms with Crippen LogP contribution in [0.2, 0.25) is 0 Å². The lowest BCUT2D eigenvalue weighted by Gasteiger charge is -2.30. The molecule has 4 nitrogen and oxygen atoms in total. The molecule has 1 rings (SSSR count). The molecule has 0 radical (unpaired) electrons. The van der Waals surface area contributed by atoms with Crippen molar-refractivity contribution in [2.24, 2.45) is 5.92 Å². The van der Waals surface area contributed by atoms with Crippen LogP contribution >= 0.6 is 0 Å². The lowest BCUT2D eigenvalue weighted by atomic mass is 9.93. The van der Waals surface area contributed by atoms with Gasteiger partial charge in [-0.1, -0.05) is 6.92 Å². The summed E-state index contributed by atoms with van der Waals surface area (Å²) < 4.78 is 25.0. The van der Waals surface area contributed by atoms with Crippen LogP contribution in [0.5, 0.6) is 0 Å². The fraction of sp³-hybridized carbons (Fsp3) is 1.00. The topological polar surface area (TPSA) is 58.2 Å². The predicted octanol–water partition coefficient (Wildman–Crippen LogP) is 0.314. The second-order valence-electron chi connectivity index (χ2n) is 3.93. The van der Waals surface area contributed by atoms with Gasteiger partial charge in [-0.2, -0.15) is 0 Å². The Bertz CT molecular complexity index is 264. The summed E-state index contributed by atoms with van der Waals surface area (Å²) >= 11 is 0. The summed E-state index contributed by atoms with van der Waals surface area (Å²) in [6, 6.07) is 0.296. The minimum atomic E-state index is -3.03. The van der Waals surface area contributed by atoms with Crippen molar-refractivity contribution in [2.45, 2.75) is 32.7 Å². The molecule has 1 fully saturated rings. The van der Waals surface area contributed by atoms with E-state index in [1.807, 2.05) is 0 Å². The standard InChI is InChI=1S/C9H20N2O2S/c1-3-14(12,13)11-7-9-8(2)5-4-6-10-9/h8-11H,3-7H2,1-2H3. The summed E-state index contributed by atoms with van der Waals surface area (Å²) in [5.74, 6) is 0.719. The van der Waals surface area contributed by atoms with Crippen LogP contribution in [0.1, 0.15) is 26.7 Å². The molecular weight excluding hydrogens is 200 g/mol. The zero-order chi connectivity index (χ0) is 10.6. The highest BCUT2D eigenvalue weighted by atomic mass is 32.2. The summed E-state index contributed by atoms with van der Waals surface area (Å²) in [6.07, 6.45) is 2.38. The molecule has 1 aliphatic rings. The van der Waals surface area contributed by atoms with E-state index in [4.69, 9.17) is 0 Å². The van der Waals surface area contributed by atoms with E-state index in [1.165, 1.54) is 12.8 Å². The number of hydrogen-bond acceptors (Lipinski definition) is 3. The first-order valence-electron chi connectivity index (χ1n) is 5.26. The molecule has 1 saturated heterocycles. The summed E-state index contributed by atoms with van der Waals surface area (Å²) in [5.41, 5.74) is 0. The van der Waals surface area contributed by atoms with Crippen molar-refractivity contribution in [2.75, 3.05) is 18.8 Å². The highest BCUT2D eigenvalue weighted by Crippen LogP contribution is 2.14. The quantitative estimate of drug-likeness (QED) is 0.717. The van der Waals surface area contributed by atoms with Crippen LogP contribution in [0.15, 0.2) is 0 Å². The molecule has 0 amide bonds. The number of sulfonamides is 1. The Balaban J connectivity index is 2.36. The highest BCUT2D eigenvalue weighted by molar-refractivity contribution is 7.89. The van der Waals surface area contributed by atoms with Gasteiger partial charge in [0.05, 0.1) is 5.75 Å². The van der Waals surface area contributed by atoms with Gasteiger partial charge in [0.1, 0.15) is 0 Å². The van der Waals surface area contributed by atoms with Crippen LogP contribution in [0.25, 0.3) is 0 Å². The fourth-order valence-electron chi connectivity index (χ4n) is 1.71. The zero-order valence-corrected chi connectivity index (χ0v) is 9.73. The third-order valence-corrected chi connectivity index (χ3v) is 4.20. The van der Waals surface area contributed by atoms with Crippen LogP contribution in [0.4, 0.5) is 0 Å². The lowest BCUT2D eigenvalue weighted by Crippen LogP contribution is -2.48. The first-order valence-corrected chi connectivity index (χ1v) is 6.91. The summed E-state index contributed by atoms with van der Waals surface area (Å²) in [6.45, 7) is 5.34. The van der Waals surface area contributed by atoms with E-state index >= 15 is 0 Å². The van der Waals surface area contributed by atoms with E-state index in [9.17, 15) is 8.42 Å². The average Bonchev–Trinajstić information content (AvgIpc) is 2.17. The molecule has 0 saturated carbocycles. The van der Waals surface area contributed by atoms with Crippen LogP contribution < -0.4 is 10.0 Å². The Morgan fingerprint density at radius 1 is 1.50 bits per heavy atom. The molecular formula is C9H20N2O2S. The third kappa shape index (κ3) is 3.55. The van der Waals surface area contributed by atoms with Crippen molar-refractivity contribution in [1.29, 1.82) is 0 Å². The van der Waals surface area contributed by atoms with E-state index < -0.39 is 10.0 Å². The van der Waals surface area contributed by atoms with Gasteiger partial charge in [0, 0.05) is 12.6 Å². The molecule has 2 unspecified atom stereocenters. The van der Waals surface area contributed by atoms with Gasteiger partial charge in [0.15, 0.2) is 0 Å². The monoisotopic (exact) mass is 220 g/mol. The first kappa shape index (κ1) is 11.9. The molecule has 84 valence electrons. The van der Waals surface area contributed by atoms with Crippen molar-refractivity contribution < 1.29 is 8.42 Å². The van der Waals surface area contributed by atoms with Crippen molar-refractivity contribution in [1.82, 2.24) is 10.0 Å². The van der Waals surface area contributed by atoms with E-state index in [2.05, 4.69) is 17.0 Å². The van der Waals surface area contributed by atoms with Gasteiger partial charge in [0.2, 0.25) is 10.0 Å². The molecule has 5 heteroatoms. The van der Waals surface area contributed by atoms with Crippen molar-refractivity contribution in [3.63, 3.8) is 0 Å². The van der Waals surface area contributed by atoms with Gasteiger partial charge >= 0.3 is 0 Å². The van der Waals surface area contributed by atoms with Gasteiger partial charge in [-0.25, -0.2) is 13.1 Å². The van der Waals surface area contributed by atoms with Crippen molar-refractivity contribution in [3.05, 3.63) is 0 Å². The molecule has 2 atom stereocenters. The molecule has 0 aromatic rings. The average molecular weight is 220 g/mol. The van der Waals surface area contributed by atoms with Crippen LogP contribution in [-0.2, 0) is 10.0 Å². The van der Waals surface area contributed by atoms with E-state index in [1.54, 1.807) is 6.92 Å².